The smallest absolute Gasteiger partial charge is 0.295 e. The van der Waals surface area contributed by atoms with Gasteiger partial charge in [0.15, 0.2) is 5.82 Å². The molecular formula is C23H19ClN4O2. The standard InChI is InChI=1S/C23H19ClN4O2/c1-2-30-20-14-12-19(13-15-20)28-22(16-8-10-17(24)11-9-16)26-21(27-28)23(29)25-18-6-4-3-5-7-18/h3-15H,2H2,1H3,(H,25,29). The van der Waals surface area contributed by atoms with Crippen molar-refractivity contribution in [2.45, 2.75) is 6.92 Å². The Morgan fingerprint density at radius 2 is 1.70 bits per heavy atom. The van der Waals surface area contributed by atoms with E-state index in [-0.39, 0.29) is 11.7 Å². The highest BCUT2D eigenvalue weighted by molar-refractivity contribution is 6.30. The number of amides is 1. The maximum atomic E-state index is 12.7. The summed E-state index contributed by atoms with van der Waals surface area (Å²) >= 11 is 6.03. The molecule has 150 valence electrons. The van der Waals surface area contributed by atoms with E-state index in [4.69, 9.17) is 16.3 Å². The van der Waals surface area contributed by atoms with E-state index in [0.717, 1.165) is 17.0 Å². The van der Waals surface area contributed by atoms with Gasteiger partial charge in [0.1, 0.15) is 5.75 Å². The van der Waals surface area contributed by atoms with Crippen LogP contribution in [0.15, 0.2) is 78.9 Å². The van der Waals surface area contributed by atoms with Crippen LogP contribution in [0.25, 0.3) is 17.1 Å². The van der Waals surface area contributed by atoms with Gasteiger partial charge in [-0.1, -0.05) is 29.8 Å². The number of nitrogens with one attached hydrogen (secondary N) is 1. The fourth-order valence-electron chi connectivity index (χ4n) is 2.93. The van der Waals surface area contributed by atoms with E-state index in [9.17, 15) is 4.79 Å². The molecule has 1 heterocycles. The summed E-state index contributed by atoms with van der Waals surface area (Å²) in [6, 6.07) is 23.9. The van der Waals surface area contributed by atoms with Crippen LogP contribution in [0.2, 0.25) is 5.02 Å². The van der Waals surface area contributed by atoms with Crippen molar-refractivity contribution in [3.8, 4) is 22.8 Å². The number of carbonyl (C=O) groups is 1. The number of rotatable bonds is 6. The highest BCUT2D eigenvalue weighted by atomic mass is 35.5. The van der Waals surface area contributed by atoms with Gasteiger partial charge >= 0.3 is 0 Å². The van der Waals surface area contributed by atoms with Crippen molar-refractivity contribution in [1.29, 1.82) is 0 Å². The van der Waals surface area contributed by atoms with Gasteiger partial charge < -0.3 is 10.1 Å². The molecule has 0 saturated heterocycles. The molecule has 0 atom stereocenters. The molecule has 0 bridgehead atoms. The van der Waals surface area contributed by atoms with E-state index in [1.165, 1.54) is 0 Å². The highest BCUT2D eigenvalue weighted by Crippen LogP contribution is 2.24. The van der Waals surface area contributed by atoms with Gasteiger partial charge in [-0.25, -0.2) is 9.67 Å². The van der Waals surface area contributed by atoms with Crippen LogP contribution in [0.5, 0.6) is 5.75 Å². The van der Waals surface area contributed by atoms with Crippen LogP contribution in [0.3, 0.4) is 0 Å². The zero-order valence-electron chi connectivity index (χ0n) is 16.2. The minimum absolute atomic E-state index is 0.0673. The van der Waals surface area contributed by atoms with E-state index < -0.39 is 0 Å². The predicted octanol–water partition coefficient (Wildman–Crippen LogP) is 5.24. The van der Waals surface area contributed by atoms with Gasteiger partial charge in [-0.3, -0.25) is 4.79 Å². The van der Waals surface area contributed by atoms with Crippen molar-refractivity contribution in [2.75, 3.05) is 11.9 Å². The first kappa shape index (κ1) is 19.7. The molecule has 30 heavy (non-hydrogen) atoms. The number of para-hydroxylation sites is 1. The summed E-state index contributed by atoms with van der Waals surface area (Å²) in [6.07, 6.45) is 0. The van der Waals surface area contributed by atoms with Crippen molar-refractivity contribution in [3.63, 3.8) is 0 Å². The first-order valence-electron chi connectivity index (χ1n) is 9.46. The topological polar surface area (TPSA) is 69.0 Å². The molecule has 0 fully saturated rings. The maximum absolute atomic E-state index is 12.7. The first-order valence-corrected chi connectivity index (χ1v) is 9.84. The lowest BCUT2D eigenvalue weighted by atomic mass is 10.2. The number of anilines is 1. The molecule has 1 aromatic heterocycles. The SMILES string of the molecule is CCOc1ccc(-n2nc(C(=O)Nc3ccccc3)nc2-c2ccc(Cl)cc2)cc1. The summed E-state index contributed by atoms with van der Waals surface area (Å²) in [4.78, 5) is 17.3. The number of ether oxygens (including phenoxy) is 1. The molecule has 0 radical (unpaired) electrons. The number of carbonyl (C=O) groups excluding carboxylic acids is 1. The Labute approximate surface area is 179 Å². The van der Waals surface area contributed by atoms with Gasteiger partial charge in [0.25, 0.3) is 5.91 Å². The third kappa shape index (κ3) is 4.34. The van der Waals surface area contributed by atoms with Crippen LogP contribution in [0.4, 0.5) is 5.69 Å². The summed E-state index contributed by atoms with van der Waals surface area (Å²) in [6.45, 7) is 2.52. The summed E-state index contributed by atoms with van der Waals surface area (Å²) in [7, 11) is 0. The maximum Gasteiger partial charge on any atom is 0.295 e. The molecule has 1 N–H and O–H groups in total. The normalized spacial score (nSPS) is 10.6. The predicted molar refractivity (Wildman–Crippen MR) is 117 cm³/mol. The van der Waals surface area contributed by atoms with Crippen LogP contribution in [-0.2, 0) is 0 Å². The van der Waals surface area contributed by atoms with Crippen LogP contribution in [0, 0.1) is 0 Å². The fourth-order valence-corrected chi connectivity index (χ4v) is 3.06. The lowest BCUT2D eigenvalue weighted by Gasteiger charge is -2.08. The largest absolute Gasteiger partial charge is 0.494 e. The summed E-state index contributed by atoms with van der Waals surface area (Å²) in [5.74, 6) is 0.976. The molecule has 4 aromatic rings. The summed E-state index contributed by atoms with van der Waals surface area (Å²) in [5.41, 5.74) is 2.22. The zero-order valence-corrected chi connectivity index (χ0v) is 17.0. The molecule has 0 saturated carbocycles. The van der Waals surface area contributed by atoms with Gasteiger partial charge in [-0.15, -0.1) is 5.10 Å². The van der Waals surface area contributed by atoms with Gasteiger partial charge in [0, 0.05) is 16.3 Å². The summed E-state index contributed by atoms with van der Waals surface area (Å²) in [5, 5.41) is 7.91. The minimum Gasteiger partial charge on any atom is -0.494 e. The number of hydrogen-bond donors (Lipinski definition) is 1. The highest BCUT2D eigenvalue weighted by Gasteiger charge is 2.19. The van der Waals surface area contributed by atoms with E-state index in [1.54, 1.807) is 28.9 Å². The van der Waals surface area contributed by atoms with Crippen LogP contribution < -0.4 is 10.1 Å². The van der Waals surface area contributed by atoms with Crippen LogP contribution in [-0.4, -0.2) is 27.3 Å². The average molecular weight is 419 g/mol. The van der Waals surface area contributed by atoms with Crippen molar-refractivity contribution in [3.05, 3.63) is 89.7 Å². The molecule has 0 unspecified atom stereocenters. The average Bonchev–Trinajstić information content (AvgIpc) is 3.21. The molecule has 0 aliphatic carbocycles. The number of hydrogen-bond acceptors (Lipinski definition) is 4. The van der Waals surface area contributed by atoms with Crippen molar-refractivity contribution >= 4 is 23.2 Å². The second-order valence-electron chi connectivity index (χ2n) is 6.42. The number of benzene rings is 3. The van der Waals surface area contributed by atoms with Crippen LogP contribution >= 0.6 is 11.6 Å². The van der Waals surface area contributed by atoms with Crippen molar-refractivity contribution in [1.82, 2.24) is 14.8 Å². The molecule has 6 nitrogen and oxygen atoms in total. The number of aromatic nitrogens is 3. The first-order chi connectivity index (χ1) is 14.6. The Hall–Kier alpha value is -3.64. The molecule has 0 aliphatic rings. The monoisotopic (exact) mass is 418 g/mol. The van der Waals surface area contributed by atoms with Crippen LogP contribution in [0.1, 0.15) is 17.5 Å². The van der Waals surface area contributed by atoms with E-state index in [1.807, 2.05) is 61.5 Å². The molecule has 0 spiro atoms. The van der Waals surface area contributed by atoms with Crippen molar-refractivity contribution in [2.24, 2.45) is 0 Å². The number of halogens is 1. The second-order valence-corrected chi connectivity index (χ2v) is 6.86. The lowest BCUT2D eigenvalue weighted by Crippen LogP contribution is -2.14. The van der Waals surface area contributed by atoms with E-state index in [0.29, 0.717) is 23.1 Å². The Kier molecular flexibility index (Phi) is 5.77. The molecule has 4 rings (SSSR count). The van der Waals surface area contributed by atoms with E-state index >= 15 is 0 Å². The molecule has 3 aromatic carbocycles. The quantitative estimate of drug-likeness (QED) is 0.465. The Bertz CT molecular complexity index is 1140. The Balaban J connectivity index is 1.73. The lowest BCUT2D eigenvalue weighted by molar-refractivity contribution is 0.101. The molecular weight excluding hydrogens is 400 g/mol. The van der Waals surface area contributed by atoms with Gasteiger partial charge in [0.2, 0.25) is 5.82 Å². The Morgan fingerprint density at radius 3 is 2.37 bits per heavy atom. The third-order valence-corrected chi connectivity index (χ3v) is 4.59. The molecule has 1 amide bonds. The fraction of sp³-hybridized carbons (Fsp3) is 0.0870. The Morgan fingerprint density at radius 1 is 1.00 bits per heavy atom. The third-order valence-electron chi connectivity index (χ3n) is 4.34. The summed E-state index contributed by atoms with van der Waals surface area (Å²) < 4.78 is 7.15. The molecule has 0 aliphatic heterocycles. The van der Waals surface area contributed by atoms with Gasteiger partial charge in [0.05, 0.1) is 12.3 Å². The number of nitrogens with zero attached hydrogens (tertiary/aromatic N) is 3. The zero-order chi connectivity index (χ0) is 20.9. The van der Waals surface area contributed by atoms with E-state index in [2.05, 4.69) is 15.4 Å². The van der Waals surface area contributed by atoms with Gasteiger partial charge in [-0.05, 0) is 67.6 Å². The second kappa shape index (κ2) is 8.80. The minimum atomic E-state index is -0.388. The van der Waals surface area contributed by atoms with Crippen molar-refractivity contribution < 1.29 is 9.53 Å². The molecule has 7 heteroatoms. The van der Waals surface area contributed by atoms with Gasteiger partial charge in [-0.2, -0.15) is 0 Å².